The number of fused-ring (bicyclic) bond motifs is 7. The number of pyridine rings is 1. The highest BCUT2D eigenvalue weighted by Gasteiger charge is 2.28. The molecule has 0 aliphatic heterocycles. The topological polar surface area (TPSA) is 21.2 Å². The first kappa shape index (κ1) is 19.0. The van der Waals surface area contributed by atoms with Gasteiger partial charge in [-0.2, -0.15) is 0 Å². The molecule has 0 radical (unpaired) electrons. The zero-order chi connectivity index (χ0) is 22.6. The fraction of sp³-hybridized carbons (Fsp3) is 0.172. The summed E-state index contributed by atoms with van der Waals surface area (Å²) < 4.78 is 4.74. The average molecular weight is 445 g/mol. The second-order valence-electron chi connectivity index (χ2n) is 10.5. The fourth-order valence-electron chi connectivity index (χ4n) is 6.03. The summed E-state index contributed by atoms with van der Waals surface area (Å²) in [5.74, 6) is 0. The van der Waals surface area contributed by atoms with E-state index < -0.39 is 8.07 Å². The monoisotopic (exact) mass is 444 g/mol. The maximum absolute atomic E-state index is 4.83. The van der Waals surface area contributed by atoms with E-state index in [9.17, 15) is 0 Å². The van der Waals surface area contributed by atoms with E-state index in [1.54, 1.807) is 0 Å². The molecule has 0 saturated carbocycles. The Morgan fingerprint density at radius 1 is 0.818 bits per heavy atom. The van der Waals surface area contributed by atoms with E-state index in [2.05, 4.69) is 103 Å². The molecule has 3 nitrogen and oxygen atoms in total. The number of hydrogen-bond acceptors (Lipinski definition) is 1. The van der Waals surface area contributed by atoms with Crippen LogP contribution < -0.4 is 9.75 Å². The van der Waals surface area contributed by atoms with Gasteiger partial charge in [-0.25, -0.2) is 4.57 Å². The summed E-state index contributed by atoms with van der Waals surface area (Å²) in [4.78, 5) is 4.83. The van der Waals surface area contributed by atoms with Gasteiger partial charge in [-0.05, 0) is 52.5 Å². The average Bonchev–Trinajstić information content (AvgIpc) is 3.14. The second kappa shape index (κ2) is 6.09. The molecule has 4 heteroatoms. The minimum Gasteiger partial charge on any atom is -0.308 e. The van der Waals surface area contributed by atoms with Crippen molar-refractivity contribution in [3.8, 4) is 0 Å². The first-order valence-corrected chi connectivity index (χ1v) is 15.1. The quantitative estimate of drug-likeness (QED) is 0.128. The summed E-state index contributed by atoms with van der Waals surface area (Å²) in [7, 11) is 0.574. The van der Waals surface area contributed by atoms with Gasteiger partial charge in [0, 0.05) is 16.2 Å². The van der Waals surface area contributed by atoms with Crippen molar-refractivity contribution >= 4 is 73.2 Å². The summed E-state index contributed by atoms with van der Waals surface area (Å²) in [6, 6.07) is 22.6. The molecule has 7 rings (SSSR count). The Labute approximate surface area is 193 Å². The molecular weight excluding hydrogens is 418 g/mol. The highest BCUT2D eigenvalue weighted by Crippen LogP contribution is 2.41. The van der Waals surface area contributed by atoms with Gasteiger partial charge in [0.25, 0.3) is 6.33 Å². The summed E-state index contributed by atoms with van der Waals surface area (Å²) in [5.41, 5.74) is 7.55. The fourth-order valence-corrected chi connectivity index (χ4v) is 7.64. The lowest BCUT2D eigenvalue weighted by atomic mass is 9.97. The van der Waals surface area contributed by atoms with Crippen molar-refractivity contribution in [2.45, 2.75) is 26.6 Å². The largest absolute Gasteiger partial charge is 0.308 e. The van der Waals surface area contributed by atoms with Gasteiger partial charge in [-0.3, -0.25) is 0 Å². The molecule has 0 unspecified atom stereocenters. The molecule has 3 heterocycles. The first-order chi connectivity index (χ1) is 15.9. The molecule has 0 aliphatic rings. The first-order valence-electron chi connectivity index (χ1n) is 11.6. The molecule has 3 aromatic heterocycles. The number of hydrogen-bond donors (Lipinski definition) is 0. The van der Waals surface area contributed by atoms with Crippen LogP contribution in [0.25, 0.3) is 59.9 Å². The molecule has 0 saturated heterocycles. The van der Waals surface area contributed by atoms with E-state index in [1.807, 2.05) is 6.33 Å². The van der Waals surface area contributed by atoms with Crippen molar-refractivity contribution < 1.29 is 4.57 Å². The number of benzene rings is 4. The van der Waals surface area contributed by atoms with Gasteiger partial charge >= 0.3 is 0 Å². The third kappa shape index (κ3) is 2.29. The highest BCUT2D eigenvalue weighted by atomic mass is 28.3. The lowest BCUT2D eigenvalue weighted by Gasteiger charge is -2.18. The molecule has 0 atom stereocenters. The van der Waals surface area contributed by atoms with Crippen molar-refractivity contribution in [2.75, 3.05) is 0 Å². The zero-order valence-electron chi connectivity index (χ0n) is 19.7. The van der Waals surface area contributed by atoms with E-state index in [1.165, 1.54) is 65.1 Å². The predicted molar refractivity (Wildman–Crippen MR) is 143 cm³/mol. The van der Waals surface area contributed by atoms with Gasteiger partial charge in [-0.15, -0.1) is 0 Å². The molecule has 7 aromatic rings. The molecule has 0 fully saturated rings. The van der Waals surface area contributed by atoms with Crippen LogP contribution in [0.5, 0.6) is 0 Å². The van der Waals surface area contributed by atoms with E-state index in [-0.39, 0.29) is 0 Å². The van der Waals surface area contributed by atoms with Crippen LogP contribution >= 0.6 is 0 Å². The van der Waals surface area contributed by atoms with Gasteiger partial charge in [0.1, 0.15) is 5.52 Å². The smallest absolute Gasteiger partial charge is 0.287 e. The molecule has 160 valence electrons. The van der Waals surface area contributed by atoms with Gasteiger partial charge < -0.3 is 4.40 Å². The van der Waals surface area contributed by atoms with E-state index in [0.717, 1.165) is 5.52 Å². The molecule has 33 heavy (non-hydrogen) atoms. The van der Waals surface area contributed by atoms with Gasteiger partial charge in [0.2, 0.25) is 0 Å². The van der Waals surface area contributed by atoms with Crippen molar-refractivity contribution in [3.63, 3.8) is 0 Å². The highest BCUT2D eigenvalue weighted by molar-refractivity contribution is 6.90. The van der Waals surface area contributed by atoms with Crippen LogP contribution in [0.3, 0.4) is 0 Å². The third-order valence-electron chi connectivity index (χ3n) is 7.47. The van der Waals surface area contributed by atoms with Gasteiger partial charge in [-0.1, -0.05) is 61.2 Å². The molecule has 0 aliphatic carbocycles. The Bertz CT molecular complexity index is 1920. The van der Waals surface area contributed by atoms with E-state index in [4.69, 9.17) is 4.98 Å². The summed E-state index contributed by atoms with van der Waals surface area (Å²) in [5, 5.41) is 9.49. The van der Waals surface area contributed by atoms with Gasteiger partial charge in [0.05, 0.1) is 37.1 Å². The molecular formula is C29H26N3Si+. The number of aromatic nitrogens is 3. The van der Waals surface area contributed by atoms with Crippen LogP contribution in [0, 0.1) is 6.92 Å². The van der Waals surface area contributed by atoms with E-state index in [0.29, 0.717) is 0 Å². The minimum atomic E-state index is -1.56. The predicted octanol–water partition coefficient (Wildman–Crippen LogP) is 6.22. The Morgan fingerprint density at radius 2 is 1.64 bits per heavy atom. The van der Waals surface area contributed by atoms with Crippen molar-refractivity contribution in [1.29, 1.82) is 0 Å². The third-order valence-corrected chi connectivity index (χ3v) is 9.50. The lowest BCUT2D eigenvalue weighted by molar-refractivity contribution is -0.646. The maximum atomic E-state index is 4.83. The molecule has 0 spiro atoms. The number of nitrogens with zero attached hydrogens (tertiary/aromatic N) is 3. The van der Waals surface area contributed by atoms with Crippen molar-refractivity contribution in [3.05, 3.63) is 72.6 Å². The Kier molecular flexibility index (Phi) is 3.51. The Balaban J connectivity index is 1.93. The summed E-state index contributed by atoms with van der Waals surface area (Å²) >= 11 is 0. The van der Waals surface area contributed by atoms with Crippen LogP contribution in [0.1, 0.15) is 5.56 Å². The van der Waals surface area contributed by atoms with E-state index >= 15 is 0 Å². The van der Waals surface area contributed by atoms with Crippen molar-refractivity contribution in [1.82, 2.24) is 9.38 Å². The molecule has 0 N–H and O–H groups in total. The van der Waals surface area contributed by atoms with Crippen LogP contribution in [-0.2, 0) is 7.05 Å². The Morgan fingerprint density at radius 3 is 2.45 bits per heavy atom. The lowest BCUT2D eigenvalue weighted by Crippen LogP contribution is -2.37. The van der Waals surface area contributed by atoms with Crippen molar-refractivity contribution in [2.24, 2.45) is 7.05 Å². The summed E-state index contributed by atoms with van der Waals surface area (Å²) in [6.45, 7) is 9.62. The normalized spacial score (nSPS) is 13.0. The maximum Gasteiger partial charge on any atom is 0.287 e. The molecule has 0 bridgehead atoms. The number of aryl methyl sites for hydroxylation is 2. The standard InChI is InChI=1S/C29H26N3Si/c1-17-19-10-7-6-9-18(19)15-23-25(17)29-27-21(30-16-31(29)2)14-13-20-26-22(32(23)28(20)27)11-8-12-24(26)33(3,4)5/h6-16H,1-5H3/q+1. The molecule has 4 aromatic carbocycles. The van der Waals surface area contributed by atoms with Crippen LogP contribution in [0.15, 0.2) is 67.0 Å². The number of rotatable bonds is 1. The van der Waals surface area contributed by atoms with Crippen LogP contribution in [0.4, 0.5) is 0 Å². The SMILES string of the molecule is Cc1c2ccccc2cc2c1c1c3c(ccc4c5c([Si](C)(C)C)cccc5n2c43)nc[n+]1C. The van der Waals surface area contributed by atoms with Crippen LogP contribution in [-0.4, -0.2) is 17.5 Å². The summed E-state index contributed by atoms with van der Waals surface area (Å²) in [6.07, 6.45) is 1.97. The van der Waals surface area contributed by atoms with Gasteiger partial charge in [0.15, 0.2) is 5.52 Å². The zero-order valence-corrected chi connectivity index (χ0v) is 20.7. The second-order valence-corrected chi connectivity index (χ2v) is 15.5. The molecule has 0 amide bonds. The minimum absolute atomic E-state index is 1.06. The Hall–Kier alpha value is -3.50. The van der Waals surface area contributed by atoms with Crippen LogP contribution in [0.2, 0.25) is 19.6 Å².